The Morgan fingerprint density at radius 3 is 2.38 bits per heavy atom. The highest BCUT2D eigenvalue weighted by molar-refractivity contribution is 5.40. The highest BCUT2D eigenvalue weighted by atomic mass is 15.1. The van der Waals surface area contributed by atoms with Gasteiger partial charge < -0.3 is 4.90 Å². The van der Waals surface area contributed by atoms with E-state index in [1.165, 1.54) is 16.8 Å². The lowest BCUT2D eigenvalue weighted by atomic mass is 9.82. The average Bonchev–Trinajstić information content (AvgIpc) is 2.19. The van der Waals surface area contributed by atoms with Crippen LogP contribution in [0.3, 0.4) is 0 Å². The lowest BCUT2D eigenvalue weighted by Gasteiger charge is -2.22. The van der Waals surface area contributed by atoms with E-state index < -0.39 is 0 Å². The van der Waals surface area contributed by atoms with Crippen LogP contribution in [0.25, 0.3) is 0 Å². The van der Waals surface area contributed by atoms with Crippen molar-refractivity contribution in [3.63, 3.8) is 0 Å². The van der Waals surface area contributed by atoms with Crippen molar-refractivity contribution in [3.8, 4) is 0 Å². The van der Waals surface area contributed by atoms with Gasteiger partial charge in [0.15, 0.2) is 0 Å². The highest BCUT2D eigenvalue weighted by Crippen LogP contribution is 2.41. The largest absolute Gasteiger partial charge is 0.377 e. The maximum absolute atomic E-state index is 4.08. The highest BCUT2D eigenvalue weighted by Gasteiger charge is 2.34. The second kappa shape index (κ2) is 3.21. The van der Waals surface area contributed by atoms with Crippen molar-refractivity contribution in [1.29, 1.82) is 0 Å². The van der Waals surface area contributed by atoms with E-state index in [2.05, 4.69) is 46.2 Å². The Morgan fingerprint density at radius 1 is 1.54 bits per heavy atom. The Morgan fingerprint density at radius 2 is 2.08 bits per heavy atom. The van der Waals surface area contributed by atoms with E-state index in [0.717, 1.165) is 13.0 Å². The van der Waals surface area contributed by atoms with Crippen molar-refractivity contribution in [2.75, 3.05) is 13.6 Å². The molecule has 0 aromatic rings. The molecule has 0 saturated heterocycles. The molecule has 1 aliphatic rings. The average molecular weight is 179 g/mol. The first kappa shape index (κ1) is 10.4. The molecule has 0 spiro atoms. The van der Waals surface area contributed by atoms with Gasteiger partial charge in [0, 0.05) is 24.7 Å². The van der Waals surface area contributed by atoms with Gasteiger partial charge >= 0.3 is 0 Å². The van der Waals surface area contributed by atoms with E-state index in [1.807, 2.05) is 0 Å². The molecule has 0 bridgehead atoms. The minimum Gasteiger partial charge on any atom is -0.377 e. The van der Waals surface area contributed by atoms with Crippen molar-refractivity contribution < 1.29 is 0 Å². The molecule has 0 atom stereocenters. The third-order valence-corrected chi connectivity index (χ3v) is 2.82. The molecule has 0 fully saturated rings. The van der Waals surface area contributed by atoms with Crippen LogP contribution in [-0.4, -0.2) is 18.5 Å². The Kier molecular flexibility index (Phi) is 2.56. The van der Waals surface area contributed by atoms with Gasteiger partial charge in [-0.2, -0.15) is 0 Å². The topological polar surface area (TPSA) is 3.24 Å². The summed E-state index contributed by atoms with van der Waals surface area (Å²) in [4.78, 5) is 2.37. The molecule has 13 heavy (non-hydrogen) atoms. The SMILES string of the molecule is C=C(C)C1=C(CC)N(C)CC1(C)C. The molecule has 1 nitrogen and oxygen atoms in total. The summed E-state index contributed by atoms with van der Waals surface area (Å²) >= 11 is 0. The quantitative estimate of drug-likeness (QED) is 0.629. The predicted molar refractivity (Wildman–Crippen MR) is 58.5 cm³/mol. The van der Waals surface area contributed by atoms with Crippen LogP contribution in [0.4, 0.5) is 0 Å². The number of hydrogen-bond donors (Lipinski definition) is 0. The minimum atomic E-state index is 0.284. The van der Waals surface area contributed by atoms with Crippen LogP contribution in [-0.2, 0) is 0 Å². The van der Waals surface area contributed by atoms with E-state index in [-0.39, 0.29) is 5.41 Å². The third-order valence-electron chi connectivity index (χ3n) is 2.82. The van der Waals surface area contributed by atoms with Gasteiger partial charge in [-0.15, -0.1) is 0 Å². The minimum absolute atomic E-state index is 0.284. The maximum Gasteiger partial charge on any atom is 0.0264 e. The van der Waals surface area contributed by atoms with Crippen molar-refractivity contribution >= 4 is 0 Å². The molecule has 0 saturated carbocycles. The second-order valence-electron chi connectivity index (χ2n) is 4.70. The van der Waals surface area contributed by atoms with Gasteiger partial charge in [-0.1, -0.05) is 32.9 Å². The summed E-state index contributed by atoms with van der Waals surface area (Å²) in [5, 5.41) is 0. The van der Waals surface area contributed by atoms with Gasteiger partial charge in [-0.05, 0) is 18.9 Å². The third kappa shape index (κ3) is 1.65. The van der Waals surface area contributed by atoms with Gasteiger partial charge in [0.25, 0.3) is 0 Å². The molecule has 0 unspecified atom stereocenters. The zero-order valence-corrected chi connectivity index (χ0v) is 9.57. The molecule has 1 heteroatoms. The first-order valence-electron chi connectivity index (χ1n) is 5.00. The van der Waals surface area contributed by atoms with Crippen molar-refractivity contribution in [1.82, 2.24) is 4.90 Å². The molecule has 1 heterocycles. The van der Waals surface area contributed by atoms with Crippen LogP contribution in [0, 0.1) is 5.41 Å². The zero-order valence-electron chi connectivity index (χ0n) is 9.57. The zero-order chi connectivity index (χ0) is 10.2. The van der Waals surface area contributed by atoms with Gasteiger partial charge in [0.05, 0.1) is 0 Å². The summed E-state index contributed by atoms with van der Waals surface area (Å²) in [5.41, 5.74) is 4.45. The second-order valence-corrected chi connectivity index (χ2v) is 4.70. The van der Waals surface area contributed by atoms with Crippen LogP contribution in [0.2, 0.25) is 0 Å². The molecule has 0 aromatic carbocycles. The van der Waals surface area contributed by atoms with Crippen LogP contribution >= 0.6 is 0 Å². The van der Waals surface area contributed by atoms with Crippen LogP contribution < -0.4 is 0 Å². The molecule has 0 radical (unpaired) electrons. The molecule has 0 N–H and O–H groups in total. The summed E-state index contributed by atoms with van der Waals surface area (Å²) in [6.45, 7) is 14.1. The Balaban J connectivity index is 3.17. The van der Waals surface area contributed by atoms with E-state index in [9.17, 15) is 0 Å². The van der Waals surface area contributed by atoms with Crippen LogP contribution in [0.5, 0.6) is 0 Å². The van der Waals surface area contributed by atoms with Gasteiger partial charge in [0.2, 0.25) is 0 Å². The fraction of sp³-hybridized carbons (Fsp3) is 0.667. The summed E-state index contributed by atoms with van der Waals surface area (Å²) in [7, 11) is 2.18. The number of allylic oxidation sites excluding steroid dienone is 2. The molecule has 1 aliphatic heterocycles. The molecular formula is C12H21N. The first-order valence-corrected chi connectivity index (χ1v) is 5.00. The van der Waals surface area contributed by atoms with Crippen molar-refractivity contribution in [3.05, 3.63) is 23.4 Å². The normalized spacial score (nSPS) is 21.2. The van der Waals surface area contributed by atoms with Crippen molar-refractivity contribution in [2.45, 2.75) is 34.1 Å². The fourth-order valence-corrected chi connectivity index (χ4v) is 2.62. The lowest BCUT2D eigenvalue weighted by molar-refractivity contribution is 0.339. The summed E-state index contributed by atoms with van der Waals surface area (Å²) < 4.78 is 0. The van der Waals surface area contributed by atoms with E-state index in [4.69, 9.17) is 0 Å². The summed E-state index contributed by atoms with van der Waals surface area (Å²) in [6.07, 6.45) is 1.11. The molecule has 0 amide bonds. The summed E-state index contributed by atoms with van der Waals surface area (Å²) in [5.74, 6) is 0. The predicted octanol–water partition coefficient (Wildman–Crippen LogP) is 3.20. The van der Waals surface area contributed by atoms with Crippen molar-refractivity contribution in [2.24, 2.45) is 5.41 Å². The van der Waals surface area contributed by atoms with Crippen LogP contribution in [0.15, 0.2) is 23.4 Å². The van der Waals surface area contributed by atoms with Gasteiger partial charge in [0.1, 0.15) is 0 Å². The maximum atomic E-state index is 4.08. The Hall–Kier alpha value is -0.720. The Labute approximate surface area is 82.1 Å². The molecule has 1 rings (SSSR count). The van der Waals surface area contributed by atoms with Gasteiger partial charge in [-0.25, -0.2) is 0 Å². The van der Waals surface area contributed by atoms with Gasteiger partial charge in [-0.3, -0.25) is 0 Å². The molecule has 0 aliphatic carbocycles. The van der Waals surface area contributed by atoms with E-state index in [1.54, 1.807) is 0 Å². The summed E-state index contributed by atoms with van der Waals surface area (Å²) in [6, 6.07) is 0. The molecule has 74 valence electrons. The standard InChI is InChI=1S/C12H21N/c1-7-10-11(9(2)3)12(4,5)8-13(10)6/h2,7-8H2,1,3-6H3. The smallest absolute Gasteiger partial charge is 0.0264 e. The number of hydrogen-bond acceptors (Lipinski definition) is 1. The monoisotopic (exact) mass is 179 g/mol. The van der Waals surface area contributed by atoms with E-state index >= 15 is 0 Å². The Bertz CT molecular complexity index is 258. The molecule has 0 aromatic heterocycles. The lowest BCUT2D eigenvalue weighted by Crippen LogP contribution is -2.22. The molecular weight excluding hydrogens is 158 g/mol. The number of nitrogens with zero attached hydrogens (tertiary/aromatic N) is 1. The van der Waals surface area contributed by atoms with Crippen LogP contribution in [0.1, 0.15) is 34.1 Å². The fourth-order valence-electron chi connectivity index (χ4n) is 2.62. The number of rotatable bonds is 2. The first-order chi connectivity index (χ1) is 5.90. The van der Waals surface area contributed by atoms with E-state index in [0.29, 0.717) is 0 Å².